The summed E-state index contributed by atoms with van der Waals surface area (Å²) in [5.74, 6) is 0. The van der Waals surface area contributed by atoms with Gasteiger partial charge in [0.15, 0.2) is 0 Å². The molecule has 0 spiro atoms. The van der Waals surface area contributed by atoms with E-state index in [0.29, 0.717) is 6.04 Å². The van der Waals surface area contributed by atoms with Gasteiger partial charge in [0.1, 0.15) is 0 Å². The molecule has 1 atom stereocenters. The van der Waals surface area contributed by atoms with Crippen LogP contribution in [-0.4, -0.2) is 38.1 Å². The highest BCUT2D eigenvalue weighted by Gasteiger charge is 2.24. The van der Waals surface area contributed by atoms with Crippen molar-refractivity contribution in [3.63, 3.8) is 0 Å². The first kappa shape index (κ1) is 11.2. The Labute approximate surface area is 105 Å². The number of hydrogen-bond acceptors (Lipinski definition) is 2. The number of benzene rings is 1. The van der Waals surface area contributed by atoms with Crippen molar-refractivity contribution in [1.29, 1.82) is 0 Å². The van der Waals surface area contributed by atoms with Gasteiger partial charge in [-0.1, -0.05) is 12.1 Å². The van der Waals surface area contributed by atoms with Crippen LogP contribution in [0.15, 0.2) is 24.3 Å². The summed E-state index contributed by atoms with van der Waals surface area (Å²) in [5, 5.41) is 0. The second-order valence-corrected chi connectivity index (χ2v) is 5.47. The van der Waals surface area contributed by atoms with E-state index in [4.69, 9.17) is 0 Å². The minimum absolute atomic E-state index is 0.709. The molecule has 1 fully saturated rings. The Hall–Kier alpha value is -0.290. The van der Waals surface area contributed by atoms with Gasteiger partial charge >= 0.3 is 0 Å². The van der Waals surface area contributed by atoms with Gasteiger partial charge in [-0.15, -0.1) is 0 Å². The molecule has 0 bridgehead atoms. The number of rotatable bonds is 2. The molecular formula is C12H17IN2. The molecule has 82 valence electrons. The van der Waals surface area contributed by atoms with Crippen molar-refractivity contribution in [2.45, 2.75) is 12.5 Å². The zero-order valence-corrected chi connectivity index (χ0v) is 11.4. The van der Waals surface area contributed by atoms with Gasteiger partial charge in [0, 0.05) is 22.7 Å². The summed E-state index contributed by atoms with van der Waals surface area (Å²) in [4.78, 5) is 4.82. The van der Waals surface area contributed by atoms with E-state index in [1.807, 2.05) is 0 Å². The molecule has 15 heavy (non-hydrogen) atoms. The molecule has 1 aliphatic rings. The van der Waals surface area contributed by atoms with E-state index in [0.717, 1.165) is 6.54 Å². The molecular weight excluding hydrogens is 299 g/mol. The number of likely N-dealkylation sites (N-methyl/N-ethyl adjacent to an activating group) is 1. The van der Waals surface area contributed by atoms with E-state index in [1.165, 1.54) is 22.2 Å². The van der Waals surface area contributed by atoms with Crippen LogP contribution < -0.4 is 4.90 Å². The first-order valence-electron chi connectivity index (χ1n) is 5.34. The normalized spacial score (nSPS) is 21.3. The van der Waals surface area contributed by atoms with Crippen LogP contribution in [0.4, 0.5) is 5.69 Å². The number of anilines is 1. The Morgan fingerprint density at radius 1 is 1.33 bits per heavy atom. The third kappa shape index (κ3) is 2.45. The molecule has 0 aliphatic carbocycles. The van der Waals surface area contributed by atoms with E-state index in [-0.39, 0.29) is 0 Å². The average Bonchev–Trinajstić information content (AvgIpc) is 2.67. The van der Waals surface area contributed by atoms with Crippen LogP contribution in [0.2, 0.25) is 0 Å². The average molecular weight is 316 g/mol. The first-order chi connectivity index (χ1) is 7.18. The molecule has 2 rings (SSSR count). The van der Waals surface area contributed by atoms with E-state index >= 15 is 0 Å². The maximum atomic E-state index is 2.49. The van der Waals surface area contributed by atoms with Crippen LogP contribution in [0.1, 0.15) is 6.42 Å². The molecule has 0 N–H and O–H groups in total. The predicted octanol–water partition coefficient (Wildman–Crippen LogP) is 2.43. The lowest BCUT2D eigenvalue weighted by molar-refractivity contribution is 0.315. The van der Waals surface area contributed by atoms with Crippen LogP contribution in [-0.2, 0) is 0 Å². The van der Waals surface area contributed by atoms with Crippen molar-refractivity contribution >= 4 is 28.3 Å². The molecule has 1 aromatic carbocycles. The molecule has 2 nitrogen and oxygen atoms in total. The highest BCUT2D eigenvalue weighted by molar-refractivity contribution is 14.1. The lowest BCUT2D eigenvalue weighted by atomic mass is 10.2. The second kappa shape index (κ2) is 4.70. The van der Waals surface area contributed by atoms with Crippen LogP contribution in [0.3, 0.4) is 0 Å². The van der Waals surface area contributed by atoms with Crippen LogP contribution in [0.5, 0.6) is 0 Å². The minimum Gasteiger partial charge on any atom is -0.369 e. The predicted molar refractivity (Wildman–Crippen MR) is 73.5 cm³/mol. The number of nitrogens with zero attached hydrogens (tertiary/aromatic N) is 2. The fraction of sp³-hybridized carbons (Fsp3) is 0.500. The van der Waals surface area contributed by atoms with E-state index < -0.39 is 0 Å². The minimum atomic E-state index is 0.709. The third-order valence-corrected chi connectivity index (χ3v) is 4.00. The molecule has 1 heterocycles. The maximum absolute atomic E-state index is 2.49. The summed E-state index contributed by atoms with van der Waals surface area (Å²) in [6.07, 6.45) is 1.28. The Morgan fingerprint density at radius 2 is 2.07 bits per heavy atom. The zero-order valence-electron chi connectivity index (χ0n) is 9.28. The van der Waals surface area contributed by atoms with Gasteiger partial charge in [-0.2, -0.15) is 0 Å². The summed E-state index contributed by atoms with van der Waals surface area (Å²) in [6.45, 7) is 2.34. The largest absolute Gasteiger partial charge is 0.369 e. The van der Waals surface area contributed by atoms with Crippen molar-refractivity contribution in [2.75, 3.05) is 32.1 Å². The van der Waals surface area contributed by atoms with Gasteiger partial charge in [-0.05, 0) is 55.2 Å². The molecule has 1 unspecified atom stereocenters. The monoisotopic (exact) mass is 316 g/mol. The molecule has 0 radical (unpaired) electrons. The van der Waals surface area contributed by atoms with Gasteiger partial charge in [0.05, 0.1) is 5.69 Å². The van der Waals surface area contributed by atoms with Crippen LogP contribution >= 0.6 is 22.6 Å². The van der Waals surface area contributed by atoms with Crippen LogP contribution in [0, 0.1) is 3.57 Å². The Kier molecular flexibility index (Phi) is 3.51. The summed E-state index contributed by atoms with van der Waals surface area (Å²) in [5.41, 5.74) is 1.39. The smallest absolute Gasteiger partial charge is 0.0502 e. The fourth-order valence-electron chi connectivity index (χ4n) is 2.09. The quantitative estimate of drug-likeness (QED) is 0.773. The standard InChI is InChI=1S/C12H17IN2/c1-14(2)10-7-8-15(9-10)12-6-4-3-5-11(12)13/h3-6,10H,7-9H2,1-2H3. The van der Waals surface area contributed by atoms with Gasteiger partial charge in [0.2, 0.25) is 0 Å². The number of halogens is 1. The molecule has 1 aromatic rings. The molecule has 1 aliphatic heterocycles. The van der Waals surface area contributed by atoms with Crippen molar-refractivity contribution in [1.82, 2.24) is 4.90 Å². The van der Waals surface area contributed by atoms with Crippen molar-refractivity contribution in [3.8, 4) is 0 Å². The fourth-order valence-corrected chi connectivity index (χ4v) is 2.82. The summed E-state index contributed by atoms with van der Waals surface area (Å²) >= 11 is 2.42. The Bertz CT molecular complexity index is 338. The second-order valence-electron chi connectivity index (χ2n) is 4.30. The zero-order chi connectivity index (χ0) is 10.8. The van der Waals surface area contributed by atoms with Crippen molar-refractivity contribution in [3.05, 3.63) is 27.8 Å². The number of para-hydroxylation sites is 1. The summed E-state index contributed by atoms with van der Waals surface area (Å²) in [7, 11) is 4.34. The summed E-state index contributed by atoms with van der Waals surface area (Å²) in [6, 6.07) is 9.34. The van der Waals surface area contributed by atoms with Crippen molar-refractivity contribution in [2.24, 2.45) is 0 Å². The SMILES string of the molecule is CN(C)C1CCN(c2ccccc2I)C1. The van der Waals surface area contributed by atoms with E-state index in [9.17, 15) is 0 Å². The van der Waals surface area contributed by atoms with Crippen molar-refractivity contribution < 1.29 is 0 Å². The lowest BCUT2D eigenvalue weighted by Crippen LogP contribution is -2.31. The summed E-state index contributed by atoms with van der Waals surface area (Å²) < 4.78 is 1.36. The third-order valence-electron chi connectivity index (χ3n) is 3.09. The van der Waals surface area contributed by atoms with Gasteiger partial charge in [-0.3, -0.25) is 0 Å². The Balaban J connectivity index is 2.11. The van der Waals surface area contributed by atoms with Crippen LogP contribution in [0.25, 0.3) is 0 Å². The van der Waals surface area contributed by atoms with Gasteiger partial charge in [0.25, 0.3) is 0 Å². The first-order valence-corrected chi connectivity index (χ1v) is 6.42. The van der Waals surface area contributed by atoms with Gasteiger partial charge < -0.3 is 9.80 Å². The topological polar surface area (TPSA) is 6.48 Å². The Morgan fingerprint density at radius 3 is 2.67 bits per heavy atom. The molecule has 0 amide bonds. The number of hydrogen-bond donors (Lipinski definition) is 0. The molecule has 0 saturated carbocycles. The molecule has 0 aromatic heterocycles. The highest BCUT2D eigenvalue weighted by atomic mass is 127. The molecule has 1 saturated heterocycles. The maximum Gasteiger partial charge on any atom is 0.0502 e. The lowest BCUT2D eigenvalue weighted by Gasteiger charge is -2.22. The molecule has 3 heteroatoms. The van der Waals surface area contributed by atoms with E-state index in [2.05, 4.69) is 70.8 Å². The van der Waals surface area contributed by atoms with Gasteiger partial charge in [-0.25, -0.2) is 0 Å². The highest BCUT2D eigenvalue weighted by Crippen LogP contribution is 2.26. The van der Waals surface area contributed by atoms with E-state index in [1.54, 1.807) is 0 Å².